The van der Waals surface area contributed by atoms with Crippen molar-refractivity contribution in [1.82, 2.24) is 4.57 Å². The van der Waals surface area contributed by atoms with Crippen molar-refractivity contribution in [1.29, 1.82) is 0 Å². The maximum absolute atomic E-state index is 12.6. The summed E-state index contributed by atoms with van der Waals surface area (Å²) in [4.78, 5) is 23.2. The van der Waals surface area contributed by atoms with E-state index in [1.807, 2.05) is 54.6 Å². The molecule has 0 bridgehead atoms. The van der Waals surface area contributed by atoms with Gasteiger partial charge in [0.1, 0.15) is 5.75 Å². The van der Waals surface area contributed by atoms with Crippen LogP contribution in [0.1, 0.15) is 18.4 Å². The third kappa shape index (κ3) is 4.07. The quantitative estimate of drug-likeness (QED) is 0.672. The number of aliphatic carboxylic acids is 1. The first-order valence-electron chi connectivity index (χ1n) is 8.16. The van der Waals surface area contributed by atoms with Crippen molar-refractivity contribution in [3.8, 4) is 5.75 Å². The monoisotopic (exact) mass is 337 g/mol. The lowest BCUT2D eigenvalue weighted by molar-refractivity contribution is -0.137. The highest BCUT2D eigenvalue weighted by Crippen LogP contribution is 2.24. The van der Waals surface area contributed by atoms with Gasteiger partial charge in [-0.3, -0.25) is 9.59 Å². The molecule has 1 N–H and O–H groups in total. The molecule has 1 heterocycles. The summed E-state index contributed by atoms with van der Waals surface area (Å²) in [6, 6.07) is 18.9. The summed E-state index contributed by atoms with van der Waals surface area (Å²) in [5, 5.41) is 9.54. The highest BCUT2D eigenvalue weighted by molar-refractivity contribution is 5.85. The Balaban J connectivity index is 1.92. The van der Waals surface area contributed by atoms with Gasteiger partial charge < -0.3 is 14.4 Å². The SMILES string of the molecule is O=C(O)CCCOc1cc(=O)n(Cc2ccccc2)c2ccccc12. The lowest BCUT2D eigenvalue weighted by atomic mass is 10.1. The average molecular weight is 337 g/mol. The first kappa shape index (κ1) is 16.8. The average Bonchev–Trinajstić information content (AvgIpc) is 2.62. The van der Waals surface area contributed by atoms with E-state index in [-0.39, 0.29) is 18.6 Å². The largest absolute Gasteiger partial charge is 0.493 e. The number of carbonyl (C=O) groups is 1. The van der Waals surface area contributed by atoms with Crippen molar-refractivity contribution in [2.75, 3.05) is 6.61 Å². The number of nitrogens with zero attached hydrogens (tertiary/aromatic N) is 1. The predicted molar refractivity (Wildman–Crippen MR) is 96.1 cm³/mol. The molecule has 0 spiro atoms. The minimum atomic E-state index is -0.855. The third-order valence-electron chi connectivity index (χ3n) is 3.96. The minimum absolute atomic E-state index is 0.0446. The normalized spacial score (nSPS) is 10.7. The third-order valence-corrected chi connectivity index (χ3v) is 3.96. The van der Waals surface area contributed by atoms with E-state index in [1.165, 1.54) is 6.07 Å². The molecule has 5 nitrogen and oxygen atoms in total. The molecule has 0 unspecified atom stereocenters. The number of ether oxygens (including phenoxy) is 1. The molecule has 3 rings (SSSR count). The second-order valence-electron chi connectivity index (χ2n) is 5.78. The molecular formula is C20H19NO4. The van der Waals surface area contributed by atoms with E-state index in [9.17, 15) is 9.59 Å². The van der Waals surface area contributed by atoms with Gasteiger partial charge in [-0.05, 0) is 24.1 Å². The molecule has 0 fully saturated rings. The van der Waals surface area contributed by atoms with Crippen LogP contribution < -0.4 is 10.3 Å². The standard InChI is InChI=1S/C20H19NO4/c22-19-13-18(25-12-6-11-20(23)24)16-9-4-5-10-17(16)21(19)14-15-7-2-1-3-8-15/h1-5,7-10,13H,6,11-12,14H2,(H,23,24). The summed E-state index contributed by atoms with van der Waals surface area (Å²) in [7, 11) is 0. The van der Waals surface area contributed by atoms with Crippen LogP contribution in [-0.4, -0.2) is 22.2 Å². The molecule has 0 saturated heterocycles. The Bertz CT molecular complexity index is 931. The molecule has 25 heavy (non-hydrogen) atoms. The summed E-state index contributed by atoms with van der Waals surface area (Å²) in [5.41, 5.74) is 1.70. The van der Waals surface area contributed by atoms with Gasteiger partial charge in [-0.15, -0.1) is 0 Å². The van der Waals surface area contributed by atoms with Crippen molar-refractivity contribution < 1.29 is 14.6 Å². The number of carboxylic acid groups (broad SMARTS) is 1. The molecule has 2 aromatic carbocycles. The van der Waals surface area contributed by atoms with Gasteiger partial charge in [0.15, 0.2) is 0 Å². The Morgan fingerprint density at radius 1 is 1.04 bits per heavy atom. The van der Waals surface area contributed by atoms with Gasteiger partial charge in [0.05, 0.1) is 18.7 Å². The number of benzene rings is 2. The van der Waals surface area contributed by atoms with Crippen LogP contribution >= 0.6 is 0 Å². The molecule has 0 radical (unpaired) electrons. The molecule has 0 atom stereocenters. The molecular weight excluding hydrogens is 318 g/mol. The van der Waals surface area contributed by atoms with Crippen LogP contribution in [0.25, 0.3) is 10.9 Å². The lowest BCUT2D eigenvalue weighted by Gasteiger charge is -2.14. The number of para-hydroxylation sites is 1. The molecule has 0 aliphatic carbocycles. The van der Waals surface area contributed by atoms with E-state index < -0.39 is 5.97 Å². The Morgan fingerprint density at radius 3 is 2.52 bits per heavy atom. The summed E-state index contributed by atoms with van der Waals surface area (Å²) >= 11 is 0. The lowest BCUT2D eigenvalue weighted by Crippen LogP contribution is -2.21. The van der Waals surface area contributed by atoms with E-state index in [1.54, 1.807) is 4.57 Å². The van der Waals surface area contributed by atoms with Crippen LogP contribution in [-0.2, 0) is 11.3 Å². The second kappa shape index (κ2) is 7.66. The number of rotatable bonds is 7. The Labute approximate surface area is 145 Å². The molecule has 1 aromatic heterocycles. The van der Waals surface area contributed by atoms with Gasteiger partial charge in [0.2, 0.25) is 0 Å². The summed E-state index contributed by atoms with van der Waals surface area (Å²) < 4.78 is 7.40. The molecule has 0 aliphatic heterocycles. The van der Waals surface area contributed by atoms with E-state index in [0.29, 0.717) is 18.7 Å². The zero-order valence-corrected chi connectivity index (χ0v) is 13.7. The number of pyridine rings is 1. The molecule has 0 saturated carbocycles. The van der Waals surface area contributed by atoms with Crippen molar-refractivity contribution in [2.45, 2.75) is 19.4 Å². The first-order chi connectivity index (χ1) is 12.1. The van der Waals surface area contributed by atoms with Crippen molar-refractivity contribution in [3.63, 3.8) is 0 Å². The van der Waals surface area contributed by atoms with Crippen molar-refractivity contribution in [2.24, 2.45) is 0 Å². The van der Waals surface area contributed by atoms with E-state index in [4.69, 9.17) is 9.84 Å². The Hall–Kier alpha value is -3.08. The number of hydrogen-bond acceptors (Lipinski definition) is 3. The molecule has 5 heteroatoms. The van der Waals surface area contributed by atoms with Crippen LogP contribution in [0.2, 0.25) is 0 Å². The fourth-order valence-electron chi connectivity index (χ4n) is 2.76. The zero-order valence-electron chi connectivity index (χ0n) is 13.7. The van der Waals surface area contributed by atoms with E-state index in [2.05, 4.69) is 0 Å². The first-order valence-corrected chi connectivity index (χ1v) is 8.16. The Kier molecular flexibility index (Phi) is 5.14. The molecule has 0 amide bonds. The Morgan fingerprint density at radius 2 is 1.76 bits per heavy atom. The fraction of sp³-hybridized carbons (Fsp3) is 0.200. The number of fused-ring (bicyclic) bond motifs is 1. The summed E-state index contributed by atoms with van der Waals surface area (Å²) in [6.07, 6.45) is 0.444. The number of carboxylic acids is 1. The van der Waals surface area contributed by atoms with Gasteiger partial charge in [-0.1, -0.05) is 42.5 Å². The minimum Gasteiger partial charge on any atom is -0.493 e. The maximum atomic E-state index is 12.6. The van der Waals surface area contributed by atoms with Crippen LogP contribution in [0.3, 0.4) is 0 Å². The molecule has 128 valence electrons. The smallest absolute Gasteiger partial charge is 0.303 e. The summed E-state index contributed by atoms with van der Waals surface area (Å²) in [6.45, 7) is 0.748. The van der Waals surface area contributed by atoms with Crippen molar-refractivity contribution in [3.05, 3.63) is 76.6 Å². The van der Waals surface area contributed by atoms with Crippen molar-refractivity contribution >= 4 is 16.9 Å². The van der Waals surface area contributed by atoms with Gasteiger partial charge in [-0.2, -0.15) is 0 Å². The van der Waals surface area contributed by atoms with E-state index in [0.717, 1.165) is 16.5 Å². The topological polar surface area (TPSA) is 68.5 Å². The molecule has 0 aliphatic rings. The van der Waals surface area contributed by atoms with Crippen LogP contribution in [0.15, 0.2) is 65.5 Å². The fourth-order valence-corrected chi connectivity index (χ4v) is 2.76. The van der Waals surface area contributed by atoms with Crippen LogP contribution in [0.4, 0.5) is 0 Å². The maximum Gasteiger partial charge on any atom is 0.303 e. The van der Waals surface area contributed by atoms with Gasteiger partial charge in [0.25, 0.3) is 5.56 Å². The highest BCUT2D eigenvalue weighted by atomic mass is 16.5. The van der Waals surface area contributed by atoms with Gasteiger partial charge in [0, 0.05) is 17.9 Å². The van der Waals surface area contributed by atoms with Gasteiger partial charge in [-0.25, -0.2) is 0 Å². The van der Waals surface area contributed by atoms with E-state index >= 15 is 0 Å². The summed E-state index contributed by atoms with van der Waals surface area (Å²) in [5.74, 6) is -0.359. The second-order valence-corrected chi connectivity index (χ2v) is 5.78. The zero-order chi connectivity index (χ0) is 17.6. The van der Waals surface area contributed by atoms with Crippen LogP contribution in [0, 0.1) is 0 Å². The van der Waals surface area contributed by atoms with Gasteiger partial charge >= 0.3 is 5.97 Å². The molecule has 3 aromatic rings. The van der Waals surface area contributed by atoms with Crippen LogP contribution in [0.5, 0.6) is 5.75 Å². The highest BCUT2D eigenvalue weighted by Gasteiger charge is 2.10. The number of hydrogen-bond donors (Lipinski definition) is 1. The predicted octanol–water partition coefficient (Wildman–Crippen LogP) is 3.29. The number of aromatic nitrogens is 1.